The van der Waals surface area contributed by atoms with Crippen LogP contribution < -0.4 is 5.73 Å². The summed E-state index contributed by atoms with van der Waals surface area (Å²) in [6, 6.07) is 0. The predicted molar refractivity (Wildman–Crippen MR) is 54.0 cm³/mol. The van der Waals surface area contributed by atoms with Gasteiger partial charge in [0.15, 0.2) is 0 Å². The Balaban J connectivity index is 3.84. The summed E-state index contributed by atoms with van der Waals surface area (Å²) in [5.41, 5.74) is 5.39. The number of hydrogen-bond acceptors (Lipinski definition) is 4. The van der Waals surface area contributed by atoms with E-state index >= 15 is 0 Å². The lowest BCUT2D eigenvalue weighted by molar-refractivity contribution is -0.136. The fourth-order valence-electron chi connectivity index (χ4n) is 0.999. The molecule has 0 fully saturated rings. The second-order valence-electron chi connectivity index (χ2n) is 2.80. The Morgan fingerprint density at radius 3 is 2.64 bits per heavy atom. The van der Waals surface area contributed by atoms with Gasteiger partial charge in [-0.05, 0) is 6.92 Å². The average Bonchev–Trinajstić information content (AvgIpc) is 2.20. The number of ether oxygens (including phenoxy) is 2. The van der Waals surface area contributed by atoms with Crippen molar-refractivity contribution in [3.05, 3.63) is 0 Å². The van der Waals surface area contributed by atoms with Gasteiger partial charge in [-0.15, -0.1) is 0 Å². The van der Waals surface area contributed by atoms with Crippen LogP contribution >= 0.6 is 0 Å². The van der Waals surface area contributed by atoms with E-state index in [1.54, 1.807) is 12.0 Å². The summed E-state index contributed by atoms with van der Waals surface area (Å²) in [7, 11) is 1.60. The molecule has 0 spiro atoms. The highest BCUT2D eigenvalue weighted by atomic mass is 16.5. The minimum Gasteiger partial charge on any atom is -0.383 e. The molecule has 0 aliphatic heterocycles. The van der Waals surface area contributed by atoms with Crippen LogP contribution in [0.4, 0.5) is 0 Å². The molecule has 0 aliphatic rings. The van der Waals surface area contributed by atoms with Gasteiger partial charge in [-0.1, -0.05) is 0 Å². The summed E-state index contributed by atoms with van der Waals surface area (Å²) < 4.78 is 9.93. The summed E-state index contributed by atoms with van der Waals surface area (Å²) in [5, 5.41) is 0. The van der Waals surface area contributed by atoms with Crippen molar-refractivity contribution in [1.29, 1.82) is 0 Å². The highest BCUT2D eigenvalue weighted by Crippen LogP contribution is 1.90. The maximum Gasteiger partial charge on any atom is 0.248 e. The molecule has 14 heavy (non-hydrogen) atoms. The number of amides is 1. The lowest BCUT2D eigenvalue weighted by Crippen LogP contribution is -2.39. The summed E-state index contributed by atoms with van der Waals surface area (Å²) in [5.74, 6) is -0.0330. The second-order valence-corrected chi connectivity index (χ2v) is 2.80. The molecule has 0 bridgehead atoms. The quantitative estimate of drug-likeness (QED) is 0.576. The zero-order valence-electron chi connectivity index (χ0n) is 8.99. The fourth-order valence-corrected chi connectivity index (χ4v) is 0.999. The summed E-state index contributed by atoms with van der Waals surface area (Å²) >= 11 is 0. The first kappa shape index (κ1) is 13.4. The lowest BCUT2D eigenvalue weighted by Gasteiger charge is -2.21. The standard InChI is InChI=1S/C9H20N2O3/c1-3-14-8-9(12)11(5-4-10)6-7-13-2/h3-8,10H2,1-2H3. The molecule has 0 unspecified atom stereocenters. The molecular weight excluding hydrogens is 184 g/mol. The third-order valence-electron chi connectivity index (χ3n) is 1.75. The minimum atomic E-state index is -0.0330. The highest BCUT2D eigenvalue weighted by molar-refractivity contribution is 5.77. The maximum absolute atomic E-state index is 11.5. The van der Waals surface area contributed by atoms with Crippen LogP contribution in [0.1, 0.15) is 6.92 Å². The molecule has 0 aromatic carbocycles. The molecule has 0 saturated carbocycles. The van der Waals surface area contributed by atoms with E-state index in [-0.39, 0.29) is 12.5 Å². The molecular formula is C9H20N2O3. The van der Waals surface area contributed by atoms with E-state index in [9.17, 15) is 4.79 Å². The number of nitrogens with zero attached hydrogens (tertiary/aromatic N) is 1. The summed E-state index contributed by atoms with van der Waals surface area (Å²) in [6.07, 6.45) is 0. The highest BCUT2D eigenvalue weighted by Gasteiger charge is 2.11. The number of carbonyl (C=O) groups is 1. The van der Waals surface area contributed by atoms with Gasteiger partial charge in [0, 0.05) is 33.4 Å². The number of carbonyl (C=O) groups excluding carboxylic acids is 1. The zero-order valence-corrected chi connectivity index (χ0v) is 8.99. The van der Waals surface area contributed by atoms with Crippen LogP contribution in [0.2, 0.25) is 0 Å². The van der Waals surface area contributed by atoms with E-state index < -0.39 is 0 Å². The first-order valence-electron chi connectivity index (χ1n) is 4.80. The molecule has 0 rings (SSSR count). The van der Waals surface area contributed by atoms with E-state index in [1.807, 2.05) is 6.92 Å². The van der Waals surface area contributed by atoms with E-state index in [4.69, 9.17) is 15.2 Å². The molecule has 2 N–H and O–H groups in total. The number of methoxy groups -OCH3 is 1. The Morgan fingerprint density at radius 2 is 2.14 bits per heavy atom. The molecule has 0 aromatic heterocycles. The normalized spacial score (nSPS) is 10.2. The third kappa shape index (κ3) is 5.90. The van der Waals surface area contributed by atoms with Gasteiger partial charge in [0.2, 0.25) is 5.91 Å². The Hall–Kier alpha value is -0.650. The van der Waals surface area contributed by atoms with Crippen LogP contribution in [0.5, 0.6) is 0 Å². The van der Waals surface area contributed by atoms with Crippen molar-refractivity contribution in [2.75, 3.05) is 46.6 Å². The van der Waals surface area contributed by atoms with Crippen molar-refractivity contribution in [3.63, 3.8) is 0 Å². The lowest BCUT2D eigenvalue weighted by atomic mass is 10.4. The van der Waals surface area contributed by atoms with Crippen LogP contribution in [0.25, 0.3) is 0 Å². The van der Waals surface area contributed by atoms with Crippen LogP contribution in [-0.4, -0.2) is 57.4 Å². The molecule has 0 aliphatic carbocycles. The third-order valence-corrected chi connectivity index (χ3v) is 1.75. The second kappa shape index (κ2) is 8.93. The van der Waals surface area contributed by atoms with E-state index in [0.29, 0.717) is 32.8 Å². The van der Waals surface area contributed by atoms with Gasteiger partial charge in [-0.25, -0.2) is 0 Å². The van der Waals surface area contributed by atoms with Gasteiger partial charge in [-0.3, -0.25) is 4.79 Å². The monoisotopic (exact) mass is 204 g/mol. The Kier molecular flexibility index (Phi) is 8.51. The van der Waals surface area contributed by atoms with Gasteiger partial charge in [0.1, 0.15) is 6.61 Å². The van der Waals surface area contributed by atoms with Crippen molar-refractivity contribution < 1.29 is 14.3 Å². The fraction of sp³-hybridized carbons (Fsp3) is 0.889. The number of hydrogen-bond donors (Lipinski definition) is 1. The van der Waals surface area contributed by atoms with E-state index in [0.717, 1.165) is 0 Å². The molecule has 0 radical (unpaired) electrons. The first-order valence-corrected chi connectivity index (χ1v) is 4.80. The van der Waals surface area contributed by atoms with Crippen molar-refractivity contribution in [2.24, 2.45) is 5.73 Å². The van der Waals surface area contributed by atoms with Gasteiger partial charge in [0.05, 0.1) is 6.61 Å². The van der Waals surface area contributed by atoms with Crippen LogP contribution in [-0.2, 0) is 14.3 Å². The summed E-state index contributed by atoms with van der Waals surface area (Å²) in [6.45, 7) is 4.64. The number of rotatable bonds is 8. The maximum atomic E-state index is 11.5. The average molecular weight is 204 g/mol. The molecule has 1 amide bonds. The van der Waals surface area contributed by atoms with Crippen molar-refractivity contribution in [2.45, 2.75) is 6.92 Å². The van der Waals surface area contributed by atoms with Gasteiger partial charge < -0.3 is 20.1 Å². The Labute approximate surface area is 85.1 Å². The smallest absolute Gasteiger partial charge is 0.248 e. The first-order chi connectivity index (χ1) is 6.76. The summed E-state index contributed by atoms with van der Waals surface area (Å²) in [4.78, 5) is 13.1. The Bertz CT molecular complexity index is 153. The molecule has 5 heteroatoms. The molecule has 0 saturated heterocycles. The van der Waals surface area contributed by atoms with Gasteiger partial charge in [0.25, 0.3) is 0 Å². The van der Waals surface area contributed by atoms with Crippen LogP contribution in [0.15, 0.2) is 0 Å². The van der Waals surface area contributed by atoms with E-state index in [2.05, 4.69) is 0 Å². The van der Waals surface area contributed by atoms with Crippen LogP contribution in [0, 0.1) is 0 Å². The molecule has 84 valence electrons. The van der Waals surface area contributed by atoms with Gasteiger partial charge in [-0.2, -0.15) is 0 Å². The predicted octanol–water partition coefficient (Wildman–Crippen LogP) is -0.543. The zero-order chi connectivity index (χ0) is 10.8. The molecule has 5 nitrogen and oxygen atoms in total. The van der Waals surface area contributed by atoms with Crippen molar-refractivity contribution >= 4 is 5.91 Å². The van der Waals surface area contributed by atoms with Crippen molar-refractivity contribution in [3.8, 4) is 0 Å². The molecule has 0 atom stereocenters. The Morgan fingerprint density at radius 1 is 1.43 bits per heavy atom. The minimum absolute atomic E-state index is 0.0330. The topological polar surface area (TPSA) is 64.8 Å². The van der Waals surface area contributed by atoms with E-state index in [1.165, 1.54) is 0 Å². The SMILES string of the molecule is CCOCC(=O)N(CCN)CCOC. The molecule has 0 heterocycles. The largest absolute Gasteiger partial charge is 0.383 e. The molecule has 0 aromatic rings. The van der Waals surface area contributed by atoms with Crippen LogP contribution in [0.3, 0.4) is 0 Å². The van der Waals surface area contributed by atoms with Gasteiger partial charge >= 0.3 is 0 Å². The van der Waals surface area contributed by atoms with Crippen molar-refractivity contribution in [1.82, 2.24) is 4.90 Å². The number of nitrogens with two attached hydrogens (primary N) is 1.